The summed E-state index contributed by atoms with van der Waals surface area (Å²) < 4.78 is 10.4. The van der Waals surface area contributed by atoms with Gasteiger partial charge in [0, 0.05) is 13.6 Å². The summed E-state index contributed by atoms with van der Waals surface area (Å²) in [6.07, 6.45) is -0.499. The van der Waals surface area contributed by atoms with Crippen LogP contribution in [0.4, 0.5) is 10.7 Å². The normalized spacial score (nSPS) is 10.0. The van der Waals surface area contributed by atoms with E-state index >= 15 is 0 Å². The monoisotopic (exact) mass is 254 g/mol. The first-order valence-electron chi connectivity index (χ1n) is 5.69. The Balaban J connectivity index is 2.98. The molecule has 0 saturated carbocycles. The quantitative estimate of drug-likeness (QED) is 0.868. The van der Waals surface area contributed by atoms with Crippen LogP contribution in [0.1, 0.15) is 19.4 Å². The number of anilines is 1. The largest absolute Gasteiger partial charge is 0.478 e. The number of rotatable bonds is 4. The predicted molar refractivity (Wildman–Crippen MR) is 66.7 cm³/mol. The number of nitrogens with two attached hydrogens (primary N) is 1. The highest BCUT2D eigenvalue weighted by Gasteiger charge is 2.17. The standard InChI is InChI=1S/C11H18N4O3/c1-5-15(4)11(16)18-9-7(3)8(17-6-2)13-10(12)14-9/h5-6H2,1-4H3,(H2,12,13,14). The molecule has 0 radical (unpaired) electrons. The van der Waals surface area contributed by atoms with Gasteiger partial charge >= 0.3 is 6.09 Å². The van der Waals surface area contributed by atoms with E-state index < -0.39 is 6.09 Å². The second kappa shape index (κ2) is 6.04. The number of amides is 1. The van der Waals surface area contributed by atoms with Crippen molar-refractivity contribution >= 4 is 12.0 Å². The van der Waals surface area contributed by atoms with Gasteiger partial charge in [-0.25, -0.2) is 4.79 Å². The van der Waals surface area contributed by atoms with E-state index in [1.165, 1.54) is 4.90 Å². The van der Waals surface area contributed by atoms with Gasteiger partial charge in [-0.3, -0.25) is 0 Å². The summed E-state index contributed by atoms with van der Waals surface area (Å²) in [4.78, 5) is 20.9. The molecule has 0 aliphatic heterocycles. The molecule has 1 heterocycles. The van der Waals surface area contributed by atoms with Gasteiger partial charge in [0.1, 0.15) is 0 Å². The Labute approximate surface area is 106 Å². The van der Waals surface area contributed by atoms with Crippen molar-refractivity contribution in [3.05, 3.63) is 5.56 Å². The van der Waals surface area contributed by atoms with Gasteiger partial charge in [0.05, 0.1) is 12.2 Å². The fourth-order valence-electron chi connectivity index (χ4n) is 1.16. The highest BCUT2D eigenvalue weighted by Crippen LogP contribution is 2.25. The molecule has 100 valence electrons. The van der Waals surface area contributed by atoms with Crippen molar-refractivity contribution in [2.75, 3.05) is 25.9 Å². The third-order valence-electron chi connectivity index (χ3n) is 2.32. The van der Waals surface area contributed by atoms with E-state index in [-0.39, 0.29) is 11.8 Å². The number of hydrogen-bond acceptors (Lipinski definition) is 6. The van der Waals surface area contributed by atoms with Crippen molar-refractivity contribution in [1.82, 2.24) is 14.9 Å². The van der Waals surface area contributed by atoms with Crippen LogP contribution in [0, 0.1) is 6.92 Å². The molecule has 1 amide bonds. The lowest BCUT2D eigenvalue weighted by atomic mass is 10.3. The Morgan fingerprint density at radius 2 is 1.94 bits per heavy atom. The third-order valence-corrected chi connectivity index (χ3v) is 2.32. The van der Waals surface area contributed by atoms with E-state index in [1.54, 1.807) is 14.0 Å². The molecule has 0 aromatic carbocycles. The van der Waals surface area contributed by atoms with E-state index in [2.05, 4.69) is 9.97 Å². The molecule has 0 unspecified atom stereocenters. The molecular weight excluding hydrogens is 236 g/mol. The topological polar surface area (TPSA) is 90.6 Å². The molecule has 2 N–H and O–H groups in total. The lowest BCUT2D eigenvalue weighted by Crippen LogP contribution is -2.30. The molecule has 1 aromatic rings. The average molecular weight is 254 g/mol. The van der Waals surface area contributed by atoms with E-state index in [0.717, 1.165) is 0 Å². The summed E-state index contributed by atoms with van der Waals surface area (Å²) >= 11 is 0. The zero-order chi connectivity index (χ0) is 13.7. The second-order valence-electron chi connectivity index (χ2n) is 3.63. The van der Waals surface area contributed by atoms with E-state index in [0.29, 0.717) is 24.6 Å². The molecule has 0 fully saturated rings. The zero-order valence-corrected chi connectivity index (χ0v) is 11.1. The molecular formula is C11H18N4O3. The van der Waals surface area contributed by atoms with Gasteiger partial charge in [-0.15, -0.1) is 0 Å². The van der Waals surface area contributed by atoms with Crippen LogP contribution in [0.25, 0.3) is 0 Å². The number of hydrogen-bond donors (Lipinski definition) is 1. The summed E-state index contributed by atoms with van der Waals surface area (Å²) in [5.41, 5.74) is 6.08. The minimum Gasteiger partial charge on any atom is -0.478 e. The van der Waals surface area contributed by atoms with Crippen LogP contribution >= 0.6 is 0 Å². The van der Waals surface area contributed by atoms with Crippen LogP contribution in [0.3, 0.4) is 0 Å². The van der Waals surface area contributed by atoms with Crippen LogP contribution < -0.4 is 15.2 Å². The van der Waals surface area contributed by atoms with Gasteiger partial charge in [-0.2, -0.15) is 9.97 Å². The van der Waals surface area contributed by atoms with Gasteiger partial charge in [0.2, 0.25) is 17.7 Å². The lowest BCUT2D eigenvalue weighted by molar-refractivity contribution is 0.162. The first kappa shape index (κ1) is 14.0. The Hall–Kier alpha value is -2.05. The predicted octanol–water partition coefficient (Wildman–Crippen LogP) is 1.22. The van der Waals surface area contributed by atoms with E-state index in [1.807, 2.05) is 13.8 Å². The minimum atomic E-state index is -0.499. The van der Waals surface area contributed by atoms with Gasteiger partial charge in [0.15, 0.2) is 0 Å². The van der Waals surface area contributed by atoms with Gasteiger partial charge in [-0.1, -0.05) is 0 Å². The van der Waals surface area contributed by atoms with Gasteiger partial charge < -0.3 is 20.1 Å². The molecule has 0 aliphatic rings. The van der Waals surface area contributed by atoms with Crippen molar-refractivity contribution in [1.29, 1.82) is 0 Å². The van der Waals surface area contributed by atoms with Crippen LogP contribution in [0.5, 0.6) is 11.8 Å². The Morgan fingerprint density at radius 3 is 2.50 bits per heavy atom. The summed E-state index contributed by atoms with van der Waals surface area (Å²) in [6, 6.07) is 0. The molecule has 0 aliphatic carbocycles. The molecule has 7 nitrogen and oxygen atoms in total. The molecule has 0 saturated heterocycles. The Bertz CT molecular complexity index is 437. The highest BCUT2D eigenvalue weighted by atomic mass is 16.6. The maximum atomic E-state index is 11.6. The minimum absolute atomic E-state index is 0.00556. The van der Waals surface area contributed by atoms with Crippen LogP contribution in [-0.4, -0.2) is 41.2 Å². The highest BCUT2D eigenvalue weighted by molar-refractivity contribution is 5.70. The molecule has 0 atom stereocenters. The maximum absolute atomic E-state index is 11.6. The van der Waals surface area contributed by atoms with Crippen LogP contribution in [0.2, 0.25) is 0 Å². The first-order valence-corrected chi connectivity index (χ1v) is 5.69. The summed E-state index contributed by atoms with van der Waals surface area (Å²) in [6.45, 7) is 6.36. The average Bonchev–Trinajstić information content (AvgIpc) is 2.34. The van der Waals surface area contributed by atoms with Crippen molar-refractivity contribution < 1.29 is 14.3 Å². The van der Waals surface area contributed by atoms with Crippen LogP contribution in [0.15, 0.2) is 0 Å². The summed E-state index contributed by atoms with van der Waals surface area (Å²) in [7, 11) is 1.63. The van der Waals surface area contributed by atoms with Crippen molar-refractivity contribution in [3.63, 3.8) is 0 Å². The number of carbonyl (C=O) groups excluding carboxylic acids is 1. The van der Waals surface area contributed by atoms with Gasteiger partial charge in [0.25, 0.3) is 0 Å². The smallest absolute Gasteiger partial charge is 0.416 e. The third kappa shape index (κ3) is 3.22. The number of nitrogens with zero attached hydrogens (tertiary/aromatic N) is 3. The lowest BCUT2D eigenvalue weighted by Gasteiger charge is -2.15. The molecule has 18 heavy (non-hydrogen) atoms. The van der Waals surface area contributed by atoms with Crippen LogP contribution in [-0.2, 0) is 0 Å². The van der Waals surface area contributed by atoms with Crippen molar-refractivity contribution in [2.45, 2.75) is 20.8 Å². The van der Waals surface area contributed by atoms with Gasteiger partial charge in [-0.05, 0) is 20.8 Å². The number of aromatic nitrogens is 2. The van der Waals surface area contributed by atoms with Crippen molar-refractivity contribution in [2.24, 2.45) is 0 Å². The number of ether oxygens (including phenoxy) is 2. The van der Waals surface area contributed by atoms with Crippen molar-refractivity contribution in [3.8, 4) is 11.8 Å². The fourth-order valence-corrected chi connectivity index (χ4v) is 1.16. The Morgan fingerprint density at radius 1 is 1.33 bits per heavy atom. The van der Waals surface area contributed by atoms with E-state index in [9.17, 15) is 4.79 Å². The maximum Gasteiger partial charge on any atom is 0.416 e. The zero-order valence-electron chi connectivity index (χ0n) is 11.1. The molecule has 1 rings (SSSR count). The molecule has 1 aromatic heterocycles. The number of nitrogen functional groups attached to an aromatic ring is 1. The SMILES string of the molecule is CCOc1nc(N)nc(OC(=O)N(C)CC)c1C. The second-order valence-corrected chi connectivity index (χ2v) is 3.63. The summed E-state index contributed by atoms with van der Waals surface area (Å²) in [5.74, 6) is 0.453. The fraction of sp³-hybridized carbons (Fsp3) is 0.545. The van der Waals surface area contributed by atoms with E-state index in [4.69, 9.17) is 15.2 Å². The molecule has 7 heteroatoms. The molecule has 0 spiro atoms. The molecule has 0 bridgehead atoms. The summed E-state index contributed by atoms with van der Waals surface area (Å²) in [5, 5.41) is 0. The Kier molecular flexibility index (Phi) is 4.70. The first-order chi connectivity index (χ1) is 8.49. The number of carbonyl (C=O) groups is 1.